The molecule has 0 saturated carbocycles. The predicted octanol–water partition coefficient (Wildman–Crippen LogP) is 3.20. The van der Waals surface area contributed by atoms with Crippen molar-refractivity contribution in [2.75, 3.05) is 19.6 Å². The fourth-order valence-electron chi connectivity index (χ4n) is 2.14. The number of nitrogens with zero attached hydrogens (tertiary/aromatic N) is 3. The molecule has 0 aliphatic heterocycles. The van der Waals surface area contributed by atoms with Crippen molar-refractivity contribution in [3.05, 3.63) is 48.3 Å². The number of hydrogen-bond donors (Lipinski definition) is 2. The number of aryl methyl sites for hydroxylation is 1. The molecule has 0 radical (unpaired) electrons. The third-order valence-corrected chi connectivity index (χ3v) is 3.41. The van der Waals surface area contributed by atoms with Gasteiger partial charge in [0.05, 0.1) is 0 Å². The van der Waals surface area contributed by atoms with Gasteiger partial charge >= 0.3 is 0 Å². The molecule has 1 aromatic heterocycles. The van der Waals surface area contributed by atoms with Gasteiger partial charge in [-0.15, -0.1) is 30.6 Å². The van der Waals surface area contributed by atoms with Crippen LogP contribution in [0, 0.1) is 0 Å². The van der Waals surface area contributed by atoms with E-state index in [0.717, 1.165) is 36.7 Å². The summed E-state index contributed by atoms with van der Waals surface area (Å²) in [6.07, 6.45) is 3.45. The Kier molecular flexibility index (Phi) is 9.83. The van der Waals surface area contributed by atoms with Crippen molar-refractivity contribution in [2.45, 2.75) is 26.7 Å². The van der Waals surface area contributed by atoms with Crippen LogP contribution in [0.1, 0.15) is 25.2 Å². The summed E-state index contributed by atoms with van der Waals surface area (Å²) in [5.41, 5.74) is 2.16. The van der Waals surface area contributed by atoms with Gasteiger partial charge < -0.3 is 15.2 Å². The number of aliphatic imine (C=N–C) groups is 1. The highest BCUT2D eigenvalue weighted by atomic mass is 127. The normalized spacial score (nSPS) is 10.9. The molecule has 0 aliphatic rings. The van der Waals surface area contributed by atoms with Crippen molar-refractivity contribution in [3.63, 3.8) is 0 Å². The van der Waals surface area contributed by atoms with Crippen LogP contribution in [-0.2, 0) is 12.8 Å². The molecular formula is C18H26IN5O. The minimum Gasteiger partial charge on any atom is -0.357 e. The van der Waals surface area contributed by atoms with Gasteiger partial charge in [0.15, 0.2) is 11.8 Å². The summed E-state index contributed by atoms with van der Waals surface area (Å²) in [5, 5.41) is 10.3. The third kappa shape index (κ3) is 6.85. The summed E-state index contributed by atoms with van der Waals surface area (Å²) in [5.74, 6) is 2.11. The van der Waals surface area contributed by atoms with Crippen molar-refractivity contribution in [1.29, 1.82) is 0 Å². The van der Waals surface area contributed by atoms with E-state index in [-0.39, 0.29) is 24.0 Å². The van der Waals surface area contributed by atoms with Gasteiger partial charge in [0, 0.05) is 31.6 Å². The lowest BCUT2D eigenvalue weighted by Gasteiger charge is -2.09. The molecule has 6 nitrogen and oxygen atoms in total. The Morgan fingerprint density at radius 3 is 2.60 bits per heavy atom. The number of hydrogen-bond acceptors (Lipinski definition) is 4. The molecule has 2 aromatic rings. The molecule has 0 spiro atoms. The zero-order valence-electron chi connectivity index (χ0n) is 14.8. The van der Waals surface area contributed by atoms with Crippen LogP contribution in [0.4, 0.5) is 0 Å². The average molecular weight is 455 g/mol. The highest BCUT2D eigenvalue weighted by Gasteiger charge is 2.07. The monoisotopic (exact) mass is 455 g/mol. The van der Waals surface area contributed by atoms with Crippen LogP contribution in [0.5, 0.6) is 0 Å². The maximum Gasteiger partial charge on any atom is 0.257 e. The van der Waals surface area contributed by atoms with Crippen LogP contribution in [-0.4, -0.2) is 35.7 Å². The number of guanidine groups is 1. The molecule has 0 fully saturated rings. The number of nitrogens with one attached hydrogen (secondary N) is 2. The molecule has 0 amide bonds. The van der Waals surface area contributed by atoms with E-state index in [1.165, 1.54) is 5.56 Å². The van der Waals surface area contributed by atoms with E-state index in [4.69, 9.17) is 4.52 Å². The number of aromatic nitrogens is 2. The van der Waals surface area contributed by atoms with Gasteiger partial charge in [0.2, 0.25) is 0 Å². The fourth-order valence-corrected chi connectivity index (χ4v) is 2.14. The van der Waals surface area contributed by atoms with Crippen LogP contribution in [0.2, 0.25) is 0 Å². The van der Waals surface area contributed by atoms with Gasteiger partial charge in [-0.2, -0.15) is 4.98 Å². The molecule has 0 atom stereocenters. The van der Waals surface area contributed by atoms with Crippen LogP contribution in [0.15, 0.2) is 46.4 Å². The second kappa shape index (κ2) is 11.6. The Balaban J connectivity index is 0.00000312. The summed E-state index contributed by atoms with van der Waals surface area (Å²) >= 11 is 0. The van der Waals surface area contributed by atoms with E-state index in [0.29, 0.717) is 19.0 Å². The molecule has 2 N–H and O–H groups in total. The van der Waals surface area contributed by atoms with Crippen LogP contribution < -0.4 is 10.6 Å². The highest BCUT2D eigenvalue weighted by molar-refractivity contribution is 14.0. The highest BCUT2D eigenvalue weighted by Crippen LogP contribution is 2.18. The van der Waals surface area contributed by atoms with E-state index in [1.54, 1.807) is 0 Å². The molecule has 136 valence electrons. The average Bonchev–Trinajstić information content (AvgIpc) is 3.09. The van der Waals surface area contributed by atoms with Crippen LogP contribution in [0.3, 0.4) is 0 Å². The first-order valence-corrected chi connectivity index (χ1v) is 8.31. The predicted molar refractivity (Wildman–Crippen MR) is 112 cm³/mol. The Morgan fingerprint density at radius 2 is 2.00 bits per heavy atom. The van der Waals surface area contributed by atoms with E-state index >= 15 is 0 Å². The van der Waals surface area contributed by atoms with Gasteiger partial charge in [-0.05, 0) is 31.0 Å². The first-order chi connectivity index (χ1) is 11.8. The summed E-state index contributed by atoms with van der Waals surface area (Å²) in [6, 6.07) is 8.16. The van der Waals surface area contributed by atoms with Gasteiger partial charge in [-0.1, -0.05) is 30.3 Å². The lowest BCUT2D eigenvalue weighted by atomic mass is 10.1. The molecule has 0 unspecified atom stereocenters. The quantitative estimate of drug-likeness (QED) is 0.277. The van der Waals surface area contributed by atoms with Crippen molar-refractivity contribution >= 4 is 29.9 Å². The van der Waals surface area contributed by atoms with Gasteiger partial charge in [0.25, 0.3) is 5.89 Å². The lowest BCUT2D eigenvalue weighted by molar-refractivity contribution is 0.423. The van der Waals surface area contributed by atoms with Crippen molar-refractivity contribution in [3.8, 4) is 11.5 Å². The smallest absolute Gasteiger partial charge is 0.257 e. The summed E-state index contributed by atoms with van der Waals surface area (Å²) in [4.78, 5) is 8.89. The molecule has 1 heterocycles. The van der Waals surface area contributed by atoms with Crippen molar-refractivity contribution in [1.82, 2.24) is 20.8 Å². The maximum absolute atomic E-state index is 5.25. The van der Waals surface area contributed by atoms with E-state index < -0.39 is 0 Å². The van der Waals surface area contributed by atoms with E-state index in [9.17, 15) is 0 Å². The zero-order valence-corrected chi connectivity index (χ0v) is 17.1. The Labute approximate surface area is 166 Å². The SMILES string of the molecule is C=CCNC(=NCCc1ccc(-c2nc(CC)no2)cc1)NCC.I. The molecule has 0 aliphatic carbocycles. The Hall–Kier alpha value is -1.90. The topological polar surface area (TPSA) is 75.3 Å². The van der Waals surface area contributed by atoms with Crippen molar-refractivity contribution < 1.29 is 4.52 Å². The fraction of sp³-hybridized carbons (Fsp3) is 0.389. The second-order valence-corrected chi connectivity index (χ2v) is 5.25. The second-order valence-electron chi connectivity index (χ2n) is 5.25. The molecule has 0 bridgehead atoms. The first-order valence-electron chi connectivity index (χ1n) is 8.31. The van der Waals surface area contributed by atoms with Gasteiger partial charge in [-0.3, -0.25) is 4.99 Å². The van der Waals surface area contributed by atoms with Gasteiger partial charge in [0.1, 0.15) is 0 Å². The molecule has 1 aromatic carbocycles. The molecule has 2 rings (SSSR count). The number of benzene rings is 1. The molecule has 7 heteroatoms. The number of rotatable bonds is 8. The minimum atomic E-state index is 0. The van der Waals surface area contributed by atoms with Gasteiger partial charge in [-0.25, -0.2) is 0 Å². The zero-order chi connectivity index (χ0) is 17.2. The Morgan fingerprint density at radius 1 is 1.24 bits per heavy atom. The first kappa shape index (κ1) is 21.1. The van der Waals surface area contributed by atoms with E-state index in [1.807, 2.05) is 32.1 Å². The largest absolute Gasteiger partial charge is 0.357 e. The van der Waals surface area contributed by atoms with Crippen molar-refractivity contribution in [2.24, 2.45) is 4.99 Å². The minimum absolute atomic E-state index is 0. The van der Waals surface area contributed by atoms with Crippen LogP contribution >= 0.6 is 24.0 Å². The maximum atomic E-state index is 5.25. The third-order valence-electron chi connectivity index (χ3n) is 3.41. The number of halogens is 1. The molecular weight excluding hydrogens is 429 g/mol. The summed E-state index contributed by atoms with van der Waals surface area (Å²) in [7, 11) is 0. The summed E-state index contributed by atoms with van der Waals surface area (Å²) < 4.78 is 5.25. The summed E-state index contributed by atoms with van der Waals surface area (Å²) in [6.45, 7) is 10.00. The molecule has 25 heavy (non-hydrogen) atoms. The van der Waals surface area contributed by atoms with E-state index in [2.05, 4.69) is 44.5 Å². The van der Waals surface area contributed by atoms with Crippen LogP contribution in [0.25, 0.3) is 11.5 Å². The Bertz CT molecular complexity index is 666. The molecule has 0 saturated heterocycles. The standard InChI is InChI=1S/C18H25N5O.HI/c1-4-12-20-18(19-6-3)21-13-11-14-7-9-15(10-8-14)17-22-16(5-2)23-24-17;/h4,7-10H,1,5-6,11-13H2,2-3H3,(H2,19,20,21);1H. The lowest BCUT2D eigenvalue weighted by Crippen LogP contribution is -2.37.